The Balaban J connectivity index is 2.04. The summed E-state index contributed by atoms with van der Waals surface area (Å²) < 4.78 is 20.3. The fraction of sp³-hybridized carbons (Fsp3) is 0.0909. The van der Waals surface area contributed by atoms with Gasteiger partial charge in [0.15, 0.2) is 0 Å². The number of carbonyl (C=O) groups excluding carboxylic acids is 1. The van der Waals surface area contributed by atoms with Crippen LogP contribution in [0.15, 0.2) is 59.5 Å². The molecule has 0 atom stereocenters. The normalized spacial score (nSPS) is 10.9. The lowest BCUT2D eigenvalue weighted by atomic mass is 10.0. The number of benzene rings is 2. The summed E-state index contributed by atoms with van der Waals surface area (Å²) >= 11 is 12.7. The molecule has 0 radical (unpaired) electrons. The quantitative estimate of drug-likeness (QED) is 0.363. The van der Waals surface area contributed by atoms with Gasteiger partial charge in [-0.15, -0.1) is 0 Å². The molecule has 2 aromatic heterocycles. The first-order valence-corrected chi connectivity index (χ1v) is 9.91. The van der Waals surface area contributed by atoms with Crippen LogP contribution in [0, 0.1) is 12.7 Å². The molecule has 2 heterocycles. The summed E-state index contributed by atoms with van der Waals surface area (Å²) in [5, 5.41) is 4.56. The molecule has 6 nitrogen and oxygen atoms in total. The Kier molecular flexibility index (Phi) is 5.71. The van der Waals surface area contributed by atoms with E-state index < -0.39 is 11.7 Å². The van der Waals surface area contributed by atoms with Gasteiger partial charge in [0.25, 0.3) is 0 Å². The standard InChI is InChI=1S/C22H15Cl2FN4O2/c1-12-6-7-17(25)14(10-12)20-19(18-8-9-26-11-27-18)22(31-28-20)29(13(2)30)21-15(23)4-3-5-16(21)24/h3-11H,1-2H3. The number of halogens is 3. The Morgan fingerprint density at radius 1 is 1.13 bits per heavy atom. The second kappa shape index (κ2) is 8.45. The summed E-state index contributed by atoms with van der Waals surface area (Å²) in [4.78, 5) is 22.1. The van der Waals surface area contributed by atoms with Gasteiger partial charge in [0.05, 0.1) is 27.0 Å². The first kappa shape index (κ1) is 21.0. The molecule has 0 aliphatic heterocycles. The maximum Gasteiger partial charge on any atom is 0.248 e. The number of para-hydroxylation sites is 1. The van der Waals surface area contributed by atoms with Gasteiger partial charge in [-0.3, -0.25) is 4.79 Å². The van der Waals surface area contributed by atoms with Crippen LogP contribution in [0.5, 0.6) is 0 Å². The molecule has 0 fully saturated rings. The van der Waals surface area contributed by atoms with Crippen LogP contribution in [0.3, 0.4) is 0 Å². The average molecular weight is 457 g/mol. The van der Waals surface area contributed by atoms with Crippen molar-refractivity contribution in [3.8, 4) is 22.5 Å². The Morgan fingerprint density at radius 2 is 1.87 bits per heavy atom. The van der Waals surface area contributed by atoms with E-state index in [-0.39, 0.29) is 32.9 Å². The first-order chi connectivity index (χ1) is 14.9. The number of anilines is 2. The molecule has 0 aliphatic rings. The zero-order chi connectivity index (χ0) is 22.1. The molecule has 0 bridgehead atoms. The van der Waals surface area contributed by atoms with Crippen LogP contribution in [0.4, 0.5) is 16.0 Å². The lowest BCUT2D eigenvalue weighted by Gasteiger charge is -2.21. The Morgan fingerprint density at radius 3 is 2.52 bits per heavy atom. The zero-order valence-corrected chi connectivity index (χ0v) is 17.9. The van der Waals surface area contributed by atoms with Crippen molar-refractivity contribution in [2.75, 3.05) is 4.90 Å². The smallest absolute Gasteiger partial charge is 0.248 e. The van der Waals surface area contributed by atoms with Crippen LogP contribution in [0.2, 0.25) is 10.0 Å². The van der Waals surface area contributed by atoms with Crippen LogP contribution in [0.1, 0.15) is 12.5 Å². The van der Waals surface area contributed by atoms with E-state index in [0.717, 1.165) is 5.56 Å². The first-order valence-electron chi connectivity index (χ1n) is 9.15. The molecule has 4 rings (SSSR count). The van der Waals surface area contributed by atoms with Gasteiger partial charge in [-0.2, -0.15) is 0 Å². The van der Waals surface area contributed by atoms with Crippen LogP contribution >= 0.6 is 23.2 Å². The van der Waals surface area contributed by atoms with Crippen molar-refractivity contribution >= 4 is 40.7 Å². The summed E-state index contributed by atoms with van der Waals surface area (Å²) in [6.45, 7) is 3.17. The van der Waals surface area contributed by atoms with Crippen molar-refractivity contribution in [1.29, 1.82) is 0 Å². The minimum Gasteiger partial charge on any atom is -0.336 e. The van der Waals surface area contributed by atoms with E-state index in [4.69, 9.17) is 27.7 Å². The third-order valence-corrected chi connectivity index (χ3v) is 5.18. The topological polar surface area (TPSA) is 72.1 Å². The number of amides is 1. The van der Waals surface area contributed by atoms with Crippen molar-refractivity contribution in [1.82, 2.24) is 15.1 Å². The van der Waals surface area contributed by atoms with E-state index in [1.54, 1.807) is 36.4 Å². The van der Waals surface area contributed by atoms with Gasteiger partial charge in [0.1, 0.15) is 17.8 Å². The number of carbonyl (C=O) groups is 1. The van der Waals surface area contributed by atoms with Crippen molar-refractivity contribution < 1.29 is 13.7 Å². The van der Waals surface area contributed by atoms with Gasteiger partial charge >= 0.3 is 0 Å². The molecule has 0 aliphatic carbocycles. The van der Waals surface area contributed by atoms with Crippen LogP contribution in [-0.4, -0.2) is 21.0 Å². The third-order valence-electron chi connectivity index (χ3n) is 4.57. The van der Waals surface area contributed by atoms with E-state index in [0.29, 0.717) is 11.3 Å². The number of nitrogens with zero attached hydrogens (tertiary/aromatic N) is 4. The van der Waals surface area contributed by atoms with Crippen LogP contribution in [-0.2, 0) is 4.79 Å². The fourth-order valence-electron chi connectivity index (χ4n) is 3.21. The molecule has 0 N–H and O–H groups in total. The number of hydrogen-bond donors (Lipinski definition) is 0. The number of hydrogen-bond acceptors (Lipinski definition) is 5. The zero-order valence-electron chi connectivity index (χ0n) is 16.4. The summed E-state index contributed by atoms with van der Waals surface area (Å²) in [6, 6.07) is 11.1. The lowest BCUT2D eigenvalue weighted by Crippen LogP contribution is -2.23. The second-order valence-corrected chi connectivity index (χ2v) is 7.53. The number of rotatable bonds is 4. The molecule has 9 heteroatoms. The largest absolute Gasteiger partial charge is 0.336 e. The SMILES string of the molecule is CC(=O)N(c1onc(-c2cc(C)ccc2F)c1-c1ccncn1)c1c(Cl)cccc1Cl. The van der Waals surface area contributed by atoms with Crippen LogP contribution in [0.25, 0.3) is 22.5 Å². The molecule has 2 aromatic carbocycles. The lowest BCUT2D eigenvalue weighted by molar-refractivity contribution is -0.116. The molecule has 4 aromatic rings. The van der Waals surface area contributed by atoms with Crippen molar-refractivity contribution in [3.63, 3.8) is 0 Å². The van der Waals surface area contributed by atoms with Gasteiger partial charge in [-0.1, -0.05) is 46.1 Å². The minimum atomic E-state index is -0.495. The van der Waals surface area contributed by atoms with Gasteiger partial charge in [-0.25, -0.2) is 19.3 Å². The summed E-state index contributed by atoms with van der Waals surface area (Å²) in [7, 11) is 0. The predicted molar refractivity (Wildman–Crippen MR) is 117 cm³/mol. The van der Waals surface area contributed by atoms with Gasteiger partial charge in [0, 0.05) is 18.7 Å². The van der Waals surface area contributed by atoms with Gasteiger partial charge in [-0.05, 0) is 37.3 Å². The summed E-state index contributed by atoms with van der Waals surface area (Å²) in [5.41, 5.74) is 2.13. The Labute approximate surface area is 187 Å². The monoisotopic (exact) mass is 456 g/mol. The van der Waals surface area contributed by atoms with Crippen molar-refractivity contribution in [2.24, 2.45) is 0 Å². The Hall–Kier alpha value is -3.29. The third kappa shape index (κ3) is 3.89. The molecular weight excluding hydrogens is 442 g/mol. The van der Waals surface area contributed by atoms with Gasteiger partial charge < -0.3 is 4.52 Å². The molecule has 0 saturated heterocycles. The number of aromatic nitrogens is 3. The highest BCUT2D eigenvalue weighted by atomic mass is 35.5. The highest BCUT2D eigenvalue weighted by Gasteiger charge is 2.31. The van der Waals surface area contributed by atoms with Crippen molar-refractivity contribution in [3.05, 3.63) is 76.4 Å². The second-order valence-electron chi connectivity index (χ2n) is 6.71. The molecule has 31 heavy (non-hydrogen) atoms. The van der Waals surface area contributed by atoms with Crippen molar-refractivity contribution in [2.45, 2.75) is 13.8 Å². The molecule has 0 spiro atoms. The van der Waals surface area contributed by atoms with Gasteiger partial charge in [0.2, 0.25) is 11.8 Å². The predicted octanol–water partition coefficient (Wildman–Crippen LogP) is 6.24. The summed E-state index contributed by atoms with van der Waals surface area (Å²) in [6.07, 6.45) is 2.86. The Bertz CT molecular complexity index is 1260. The van der Waals surface area contributed by atoms with E-state index >= 15 is 0 Å². The van der Waals surface area contributed by atoms with E-state index in [2.05, 4.69) is 15.1 Å². The number of aryl methyl sites for hydroxylation is 1. The molecule has 156 valence electrons. The molecule has 0 unspecified atom stereocenters. The maximum absolute atomic E-state index is 14.7. The van der Waals surface area contributed by atoms with E-state index in [1.165, 1.54) is 30.4 Å². The highest BCUT2D eigenvalue weighted by molar-refractivity contribution is 6.40. The van der Waals surface area contributed by atoms with Crippen LogP contribution < -0.4 is 4.90 Å². The molecule has 0 saturated carbocycles. The van der Waals surface area contributed by atoms with E-state index in [9.17, 15) is 9.18 Å². The average Bonchev–Trinajstić information content (AvgIpc) is 3.17. The molecular formula is C22H15Cl2FN4O2. The minimum absolute atomic E-state index is 0.0112. The van der Waals surface area contributed by atoms with E-state index in [1.807, 2.05) is 6.92 Å². The maximum atomic E-state index is 14.7. The fourth-order valence-corrected chi connectivity index (χ4v) is 3.78. The highest BCUT2D eigenvalue weighted by Crippen LogP contribution is 2.45. The molecule has 1 amide bonds. The summed E-state index contributed by atoms with van der Waals surface area (Å²) in [5.74, 6) is -0.916.